The van der Waals surface area contributed by atoms with E-state index in [1.165, 1.54) is 25.7 Å². The topological polar surface area (TPSA) is 43.1 Å². The molecule has 0 bridgehead atoms. The fourth-order valence-electron chi connectivity index (χ4n) is 2.13. The Bertz CT molecular complexity index is 748. The third-order valence-corrected chi connectivity index (χ3v) is 5.13. The molecule has 2 nitrogen and oxygen atoms in total. The normalized spacial score (nSPS) is 11.2. The van der Waals surface area contributed by atoms with Gasteiger partial charge in [-0.25, -0.2) is 0 Å². The molecule has 0 aliphatic carbocycles. The van der Waals surface area contributed by atoms with Crippen molar-refractivity contribution in [2.75, 3.05) is 5.75 Å². The van der Waals surface area contributed by atoms with Gasteiger partial charge in [0.2, 0.25) is 5.91 Å². The van der Waals surface area contributed by atoms with Gasteiger partial charge in [0.15, 0.2) is 0 Å². The van der Waals surface area contributed by atoms with Crippen LogP contribution in [-0.4, -0.2) is 11.7 Å². The summed E-state index contributed by atoms with van der Waals surface area (Å²) >= 11 is 3.38. The Morgan fingerprint density at radius 2 is 1.89 bits per heavy atom. The molecule has 0 unspecified atom stereocenters. The number of rotatable bonds is 4. The maximum absolute atomic E-state index is 10.7. The van der Waals surface area contributed by atoms with E-state index < -0.39 is 0 Å². The largest absolute Gasteiger partial charge is 0.369 e. The number of carbonyl (C=O) groups is 1. The number of carbonyl (C=O) groups excluding carboxylic acids is 1. The van der Waals surface area contributed by atoms with Crippen molar-refractivity contribution in [3.63, 3.8) is 0 Å². The van der Waals surface area contributed by atoms with E-state index in [0.717, 1.165) is 5.75 Å². The molecule has 2 N–H and O–H groups in total. The number of hydrogen-bond donors (Lipinski definition) is 1. The number of amides is 1. The van der Waals surface area contributed by atoms with Gasteiger partial charge in [-0.1, -0.05) is 24.3 Å². The molecule has 1 aromatic heterocycles. The van der Waals surface area contributed by atoms with Crippen LogP contribution in [-0.2, 0) is 10.5 Å². The number of nitrogens with two attached hydrogens (primary N) is 1. The Labute approximate surface area is 119 Å². The molecule has 0 aliphatic rings. The van der Waals surface area contributed by atoms with E-state index in [0.29, 0.717) is 5.75 Å². The number of benzene rings is 2. The quantitative estimate of drug-likeness (QED) is 0.793. The molecule has 1 heterocycles. The molecule has 0 saturated carbocycles. The number of fused-ring (bicyclic) bond motifs is 3. The van der Waals surface area contributed by atoms with Gasteiger partial charge in [-0.2, -0.15) is 0 Å². The molecular formula is C15H13NOS2. The minimum atomic E-state index is -0.257. The van der Waals surface area contributed by atoms with Crippen molar-refractivity contribution in [2.24, 2.45) is 5.73 Å². The average Bonchev–Trinajstić information content (AvgIpc) is 2.76. The number of hydrogen-bond acceptors (Lipinski definition) is 3. The first-order chi connectivity index (χ1) is 9.24. The average molecular weight is 287 g/mol. The second-order valence-electron chi connectivity index (χ2n) is 4.39. The molecule has 1 amide bonds. The molecule has 0 saturated heterocycles. The maximum Gasteiger partial charge on any atom is 0.227 e. The molecule has 3 aromatic rings. The fraction of sp³-hybridized carbons (Fsp3) is 0.133. The molecule has 4 heteroatoms. The molecule has 0 fully saturated rings. The molecule has 0 aliphatic heterocycles. The van der Waals surface area contributed by atoms with Crippen LogP contribution in [0.2, 0.25) is 0 Å². The number of thiophene rings is 1. The predicted octanol–water partition coefficient (Wildman–Crippen LogP) is 3.77. The first-order valence-corrected chi connectivity index (χ1v) is 7.97. The zero-order valence-corrected chi connectivity index (χ0v) is 11.9. The Morgan fingerprint density at radius 3 is 2.74 bits per heavy atom. The van der Waals surface area contributed by atoms with Crippen LogP contribution >= 0.6 is 23.1 Å². The van der Waals surface area contributed by atoms with Gasteiger partial charge >= 0.3 is 0 Å². The van der Waals surface area contributed by atoms with Gasteiger partial charge in [-0.15, -0.1) is 23.1 Å². The molecular weight excluding hydrogens is 274 g/mol. The van der Waals surface area contributed by atoms with E-state index in [9.17, 15) is 4.79 Å². The van der Waals surface area contributed by atoms with Gasteiger partial charge < -0.3 is 5.73 Å². The number of primary amides is 1. The lowest BCUT2D eigenvalue weighted by Gasteiger charge is -2.00. The van der Waals surface area contributed by atoms with Crippen molar-refractivity contribution in [2.45, 2.75) is 5.75 Å². The molecule has 0 spiro atoms. The van der Waals surface area contributed by atoms with Gasteiger partial charge in [0.1, 0.15) is 0 Å². The van der Waals surface area contributed by atoms with Crippen molar-refractivity contribution in [1.29, 1.82) is 0 Å². The predicted molar refractivity (Wildman–Crippen MR) is 84.7 cm³/mol. The summed E-state index contributed by atoms with van der Waals surface area (Å²) in [4.78, 5) is 10.7. The van der Waals surface area contributed by atoms with Crippen LogP contribution in [0.25, 0.3) is 20.2 Å². The molecule has 0 atom stereocenters. The Kier molecular flexibility index (Phi) is 3.44. The minimum Gasteiger partial charge on any atom is -0.369 e. The molecule has 0 radical (unpaired) electrons. The minimum absolute atomic E-state index is 0.257. The summed E-state index contributed by atoms with van der Waals surface area (Å²) in [5, 5.41) is 2.61. The lowest BCUT2D eigenvalue weighted by atomic mass is 10.1. The van der Waals surface area contributed by atoms with Crippen LogP contribution in [0.1, 0.15) is 5.56 Å². The molecule has 3 rings (SSSR count). The monoisotopic (exact) mass is 287 g/mol. The van der Waals surface area contributed by atoms with Crippen LogP contribution < -0.4 is 5.73 Å². The summed E-state index contributed by atoms with van der Waals surface area (Å²) in [6.45, 7) is 0. The summed E-state index contributed by atoms with van der Waals surface area (Å²) < 4.78 is 2.63. The highest BCUT2D eigenvalue weighted by Crippen LogP contribution is 2.34. The van der Waals surface area contributed by atoms with E-state index in [4.69, 9.17) is 5.73 Å². The van der Waals surface area contributed by atoms with E-state index in [1.807, 2.05) is 11.3 Å². The third kappa shape index (κ3) is 2.60. The van der Waals surface area contributed by atoms with Crippen LogP contribution in [0.4, 0.5) is 0 Å². The fourth-order valence-corrected chi connectivity index (χ4v) is 3.94. The molecule has 96 valence electrons. The van der Waals surface area contributed by atoms with Gasteiger partial charge in [0.25, 0.3) is 0 Å². The van der Waals surface area contributed by atoms with Crippen LogP contribution in [0, 0.1) is 0 Å². The van der Waals surface area contributed by atoms with Gasteiger partial charge in [0, 0.05) is 25.9 Å². The van der Waals surface area contributed by atoms with E-state index >= 15 is 0 Å². The second kappa shape index (κ2) is 5.23. The maximum atomic E-state index is 10.7. The summed E-state index contributed by atoms with van der Waals surface area (Å²) in [5.74, 6) is 0.943. The summed E-state index contributed by atoms with van der Waals surface area (Å²) in [5.41, 5.74) is 6.39. The summed E-state index contributed by atoms with van der Waals surface area (Å²) in [7, 11) is 0. The highest BCUT2D eigenvalue weighted by Gasteiger charge is 2.05. The first-order valence-electron chi connectivity index (χ1n) is 6.00. The Morgan fingerprint density at radius 1 is 1.11 bits per heavy atom. The van der Waals surface area contributed by atoms with Crippen LogP contribution in [0.15, 0.2) is 42.5 Å². The molecule has 19 heavy (non-hydrogen) atoms. The van der Waals surface area contributed by atoms with Crippen molar-refractivity contribution in [1.82, 2.24) is 0 Å². The summed E-state index contributed by atoms with van der Waals surface area (Å²) in [6, 6.07) is 15.0. The van der Waals surface area contributed by atoms with Crippen molar-refractivity contribution in [3.05, 3.63) is 48.0 Å². The first kappa shape index (κ1) is 12.5. The SMILES string of the molecule is NC(=O)CSCc1ccc2sc3ccccc3c2c1. The van der Waals surface area contributed by atoms with Crippen molar-refractivity contribution < 1.29 is 4.79 Å². The van der Waals surface area contributed by atoms with Crippen LogP contribution in [0.3, 0.4) is 0 Å². The molecule has 2 aromatic carbocycles. The highest BCUT2D eigenvalue weighted by molar-refractivity contribution is 7.99. The standard InChI is InChI=1S/C15H13NOS2/c16-15(17)9-18-8-10-5-6-14-12(7-10)11-3-1-2-4-13(11)19-14/h1-7H,8-9H2,(H2,16,17). The van der Waals surface area contributed by atoms with E-state index in [1.54, 1.807) is 11.8 Å². The zero-order valence-electron chi connectivity index (χ0n) is 10.3. The van der Waals surface area contributed by atoms with Gasteiger partial charge in [0.05, 0.1) is 5.75 Å². The van der Waals surface area contributed by atoms with Crippen LogP contribution in [0.5, 0.6) is 0 Å². The van der Waals surface area contributed by atoms with E-state index in [-0.39, 0.29) is 5.91 Å². The van der Waals surface area contributed by atoms with Crippen molar-refractivity contribution in [3.8, 4) is 0 Å². The highest BCUT2D eigenvalue weighted by atomic mass is 32.2. The third-order valence-electron chi connectivity index (χ3n) is 2.95. The van der Waals surface area contributed by atoms with Gasteiger partial charge in [-0.05, 0) is 23.8 Å². The lowest BCUT2D eigenvalue weighted by Crippen LogP contribution is -2.13. The van der Waals surface area contributed by atoms with E-state index in [2.05, 4.69) is 42.5 Å². The Hall–Kier alpha value is -1.52. The smallest absolute Gasteiger partial charge is 0.227 e. The summed E-state index contributed by atoms with van der Waals surface area (Å²) in [6.07, 6.45) is 0. The second-order valence-corrected chi connectivity index (χ2v) is 6.46. The lowest BCUT2D eigenvalue weighted by molar-refractivity contribution is -0.115. The Balaban J connectivity index is 1.95. The number of thioether (sulfide) groups is 1. The van der Waals surface area contributed by atoms with Gasteiger partial charge in [-0.3, -0.25) is 4.79 Å². The van der Waals surface area contributed by atoms with Crippen molar-refractivity contribution >= 4 is 49.2 Å². The zero-order chi connectivity index (χ0) is 13.2.